The van der Waals surface area contributed by atoms with E-state index in [0.29, 0.717) is 25.0 Å². The Balaban J connectivity index is 1.77. The van der Waals surface area contributed by atoms with E-state index in [2.05, 4.69) is 0 Å². The standard InChI is InChI=1S/C15H18F2N2O3S/c1-14(7-15(8-14)3-2-4-15)13(20)19-23(21,22)9-5-10(16)12(18)11(17)6-9/h5-6H,2-4,7-8,18H2,1H3,(H,19,20). The summed E-state index contributed by atoms with van der Waals surface area (Å²) >= 11 is 0. The average molecular weight is 344 g/mol. The molecule has 3 N–H and O–H groups in total. The average Bonchev–Trinajstić information content (AvgIpc) is 2.37. The number of carbonyl (C=O) groups excluding carboxylic acids is 1. The molecule has 0 unspecified atom stereocenters. The van der Waals surface area contributed by atoms with Gasteiger partial charge in [0, 0.05) is 5.41 Å². The molecule has 2 aliphatic rings. The fraction of sp³-hybridized carbons (Fsp3) is 0.533. The van der Waals surface area contributed by atoms with Crippen molar-refractivity contribution >= 4 is 21.6 Å². The molecule has 23 heavy (non-hydrogen) atoms. The van der Waals surface area contributed by atoms with Gasteiger partial charge in [0.15, 0.2) is 0 Å². The molecule has 0 aromatic heterocycles. The molecule has 3 rings (SSSR count). The van der Waals surface area contributed by atoms with E-state index in [0.717, 1.165) is 19.3 Å². The summed E-state index contributed by atoms with van der Waals surface area (Å²) in [5.74, 6) is -2.99. The zero-order chi connectivity index (χ0) is 17.0. The maximum absolute atomic E-state index is 13.4. The lowest BCUT2D eigenvalue weighted by Gasteiger charge is -2.58. The monoisotopic (exact) mass is 344 g/mol. The minimum Gasteiger partial charge on any atom is -0.394 e. The lowest BCUT2D eigenvalue weighted by atomic mass is 9.46. The summed E-state index contributed by atoms with van der Waals surface area (Å²) in [6.07, 6.45) is 4.56. The van der Waals surface area contributed by atoms with E-state index in [1.54, 1.807) is 6.92 Å². The fourth-order valence-corrected chi connectivity index (χ4v) is 4.94. The van der Waals surface area contributed by atoms with Crippen LogP contribution in [0.15, 0.2) is 17.0 Å². The van der Waals surface area contributed by atoms with Crippen molar-refractivity contribution in [2.75, 3.05) is 5.73 Å². The number of benzene rings is 1. The number of halogens is 2. The second-order valence-electron chi connectivity index (χ2n) is 7.00. The predicted octanol–water partition coefficient (Wildman–Crippen LogP) is 2.32. The molecule has 0 saturated heterocycles. The van der Waals surface area contributed by atoms with E-state index in [4.69, 9.17) is 5.73 Å². The van der Waals surface area contributed by atoms with Crippen molar-refractivity contribution in [1.29, 1.82) is 0 Å². The number of anilines is 1. The predicted molar refractivity (Wildman–Crippen MR) is 79.7 cm³/mol. The Kier molecular flexibility index (Phi) is 3.44. The summed E-state index contributed by atoms with van der Waals surface area (Å²) in [7, 11) is -4.34. The van der Waals surface area contributed by atoms with Crippen molar-refractivity contribution in [2.45, 2.75) is 43.9 Å². The van der Waals surface area contributed by atoms with Crippen LogP contribution >= 0.6 is 0 Å². The number of hydrogen-bond acceptors (Lipinski definition) is 4. The Morgan fingerprint density at radius 1 is 1.22 bits per heavy atom. The Morgan fingerprint density at radius 2 is 1.74 bits per heavy atom. The number of amides is 1. The van der Waals surface area contributed by atoms with Crippen molar-refractivity contribution in [2.24, 2.45) is 10.8 Å². The molecule has 2 fully saturated rings. The van der Waals surface area contributed by atoms with Gasteiger partial charge in [0.2, 0.25) is 5.91 Å². The molecule has 126 valence electrons. The van der Waals surface area contributed by atoms with Crippen LogP contribution < -0.4 is 10.5 Å². The highest BCUT2D eigenvalue weighted by Crippen LogP contribution is 2.64. The van der Waals surface area contributed by atoms with Gasteiger partial charge in [-0.15, -0.1) is 0 Å². The van der Waals surface area contributed by atoms with Gasteiger partial charge in [-0.25, -0.2) is 21.9 Å². The van der Waals surface area contributed by atoms with Crippen LogP contribution in [-0.4, -0.2) is 14.3 Å². The summed E-state index contributed by atoms with van der Waals surface area (Å²) in [5, 5.41) is 0. The third kappa shape index (κ3) is 2.58. The van der Waals surface area contributed by atoms with Gasteiger partial charge in [-0.2, -0.15) is 0 Å². The second kappa shape index (κ2) is 4.90. The molecule has 0 heterocycles. The van der Waals surface area contributed by atoms with E-state index in [1.807, 2.05) is 4.72 Å². The first-order chi connectivity index (χ1) is 10.6. The van der Waals surface area contributed by atoms with Crippen molar-refractivity contribution in [3.8, 4) is 0 Å². The number of rotatable bonds is 3. The van der Waals surface area contributed by atoms with Crippen LogP contribution in [0.1, 0.15) is 39.0 Å². The van der Waals surface area contributed by atoms with E-state index < -0.39 is 43.6 Å². The molecule has 0 atom stereocenters. The SMILES string of the molecule is CC1(C(=O)NS(=O)(=O)c2cc(F)c(N)c(F)c2)CC2(CCC2)C1. The van der Waals surface area contributed by atoms with Crippen molar-refractivity contribution in [3.63, 3.8) is 0 Å². The van der Waals surface area contributed by atoms with Crippen LogP contribution in [0.25, 0.3) is 0 Å². The zero-order valence-corrected chi connectivity index (χ0v) is 13.5. The van der Waals surface area contributed by atoms with Gasteiger partial charge in [-0.1, -0.05) is 13.3 Å². The maximum Gasteiger partial charge on any atom is 0.264 e. The molecular weight excluding hydrogens is 326 g/mol. The van der Waals surface area contributed by atoms with Crippen LogP contribution in [0.4, 0.5) is 14.5 Å². The van der Waals surface area contributed by atoms with Crippen molar-refractivity contribution in [3.05, 3.63) is 23.8 Å². The van der Waals surface area contributed by atoms with E-state index in [-0.39, 0.29) is 5.41 Å². The molecule has 1 amide bonds. The maximum atomic E-state index is 13.4. The summed E-state index contributed by atoms with van der Waals surface area (Å²) in [5.41, 5.74) is 3.80. The first-order valence-electron chi connectivity index (χ1n) is 7.39. The van der Waals surface area contributed by atoms with E-state index in [9.17, 15) is 22.0 Å². The van der Waals surface area contributed by atoms with E-state index in [1.165, 1.54) is 0 Å². The second-order valence-corrected chi connectivity index (χ2v) is 8.69. The van der Waals surface area contributed by atoms with Gasteiger partial charge in [0.05, 0.1) is 4.90 Å². The topological polar surface area (TPSA) is 89.3 Å². The van der Waals surface area contributed by atoms with Crippen molar-refractivity contribution in [1.82, 2.24) is 4.72 Å². The smallest absolute Gasteiger partial charge is 0.264 e. The summed E-state index contributed by atoms with van der Waals surface area (Å²) < 4.78 is 53.2. The number of carbonyl (C=O) groups is 1. The van der Waals surface area contributed by atoms with Crippen LogP contribution in [0.3, 0.4) is 0 Å². The Labute approximate surface area is 133 Å². The number of sulfonamides is 1. The fourth-order valence-electron chi connectivity index (χ4n) is 3.81. The van der Waals surface area contributed by atoms with Crippen molar-refractivity contribution < 1.29 is 22.0 Å². The number of nitrogens with one attached hydrogen (secondary N) is 1. The molecule has 8 heteroatoms. The van der Waals surface area contributed by atoms with Gasteiger partial charge in [0.1, 0.15) is 17.3 Å². The summed E-state index contributed by atoms with van der Waals surface area (Å²) in [6.45, 7) is 1.71. The highest BCUT2D eigenvalue weighted by molar-refractivity contribution is 7.90. The molecule has 0 radical (unpaired) electrons. The number of nitrogens with two attached hydrogens (primary N) is 1. The third-order valence-corrected chi connectivity index (χ3v) is 6.39. The van der Waals surface area contributed by atoms with Gasteiger partial charge < -0.3 is 5.73 Å². The van der Waals surface area contributed by atoms with E-state index >= 15 is 0 Å². The Hall–Kier alpha value is -1.70. The largest absolute Gasteiger partial charge is 0.394 e. The Bertz CT molecular complexity index is 757. The highest BCUT2D eigenvalue weighted by Gasteiger charge is 2.58. The molecule has 1 aromatic carbocycles. The molecular formula is C15H18F2N2O3S. The third-order valence-electron chi connectivity index (χ3n) is 5.08. The zero-order valence-electron chi connectivity index (χ0n) is 12.7. The van der Waals surface area contributed by atoms with Gasteiger partial charge >= 0.3 is 0 Å². The quantitative estimate of drug-likeness (QED) is 0.824. The normalized spacial score (nSPS) is 21.3. The highest BCUT2D eigenvalue weighted by atomic mass is 32.2. The molecule has 2 saturated carbocycles. The summed E-state index contributed by atoms with van der Waals surface area (Å²) in [4.78, 5) is 11.6. The lowest BCUT2D eigenvalue weighted by Crippen LogP contribution is -2.56. The molecule has 1 aromatic rings. The molecule has 0 aliphatic heterocycles. The van der Waals surface area contributed by atoms with Gasteiger partial charge in [-0.05, 0) is 43.2 Å². The Morgan fingerprint density at radius 3 is 2.17 bits per heavy atom. The number of hydrogen-bond donors (Lipinski definition) is 2. The number of nitrogen functional groups attached to an aromatic ring is 1. The molecule has 0 bridgehead atoms. The lowest BCUT2D eigenvalue weighted by molar-refractivity contribution is -0.151. The molecule has 2 aliphatic carbocycles. The molecule has 5 nitrogen and oxygen atoms in total. The van der Waals surface area contributed by atoms with Crippen LogP contribution in [0, 0.1) is 22.5 Å². The minimum atomic E-state index is -4.34. The van der Waals surface area contributed by atoms with Gasteiger partial charge in [-0.3, -0.25) is 4.79 Å². The van der Waals surface area contributed by atoms with Crippen LogP contribution in [0.5, 0.6) is 0 Å². The first-order valence-corrected chi connectivity index (χ1v) is 8.87. The first kappa shape index (κ1) is 16.2. The minimum absolute atomic E-state index is 0.190. The van der Waals surface area contributed by atoms with Crippen LogP contribution in [0.2, 0.25) is 0 Å². The van der Waals surface area contributed by atoms with Gasteiger partial charge in [0.25, 0.3) is 10.0 Å². The van der Waals surface area contributed by atoms with Crippen LogP contribution in [-0.2, 0) is 14.8 Å². The molecule has 1 spiro atoms. The summed E-state index contributed by atoms with van der Waals surface area (Å²) in [6, 6.07) is 1.20.